The van der Waals surface area contributed by atoms with Crippen LogP contribution in [0.15, 0.2) is 53.1 Å². The lowest BCUT2D eigenvalue weighted by atomic mass is 10.1. The summed E-state index contributed by atoms with van der Waals surface area (Å²) in [5.41, 5.74) is 9.60. The predicted octanol–water partition coefficient (Wildman–Crippen LogP) is 3.24. The second kappa shape index (κ2) is 5.66. The Hall–Kier alpha value is -2.82. The number of nitrogen functional groups attached to an aromatic ring is 1. The highest BCUT2D eigenvalue weighted by Gasteiger charge is 2.11. The van der Waals surface area contributed by atoms with E-state index in [9.17, 15) is 0 Å². The number of aromatic nitrogens is 2. The smallest absolute Gasteiger partial charge is 0.260 e. The molecule has 3 rings (SSSR count). The van der Waals surface area contributed by atoms with E-state index in [2.05, 4.69) is 15.5 Å². The summed E-state index contributed by atoms with van der Waals surface area (Å²) < 4.78 is 5.24. The van der Waals surface area contributed by atoms with Crippen LogP contribution in [0.5, 0.6) is 0 Å². The van der Waals surface area contributed by atoms with E-state index in [0.717, 1.165) is 22.5 Å². The van der Waals surface area contributed by atoms with Gasteiger partial charge in [-0.15, -0.1) is 0 Å². The van der Waals surface area contributed by atoms with Crippen LogP contribution >= 0.6 is 0 Å². The number of hydrogen-bond acceptors (Lipinski definition) is 5. The van der Waals surface area contributed by atoms with Gasteiger partial charge in [0.05, 0.1) is 5.56 Å². The molecular formula is C16H16N4O. The molecule has 0 bridgehead atoms. The molecule has 2 aromatic carbocycles. The zero-order valence-corrected chi connectivity index (χ0v) is 11.7. The quantitative estimate of drug-likeness (QED) is 0.717. The highest BCUT2D eigenvalue weighted by atomic mass is 16.5. The average Bonchev–Trinajstić information content (AvgIpc) is 2.93. The molecule has 0 fully saturated rings. The molecule has 5 nitrogen and oxygen atoms in total. The van der Waals surface area contributed by atoms with E-state index in [4.69, 9.17) is 10.3 Å². The standard InChI is InChI=1S/C16H16N4O/c1-11-19-16(21-20-11)13-7-3-5-9-15(13)18-10-12-6-2-4-8-14(12)17/h2-9,18H,10,17H2,1H3. The van der Waals surface area contributed by atoms with Gasteiger partial charge in [0.1, 0.15) is 0 Å². The van der Waals surface area contributed by atoms with Crippen molar-refractivity contribution in [3.63, 3.8) is 0 Å². The third-order valence-electron chi connectivity index (χ3n) is 3.21. The number of aryl methyl sites for hydroxylation is 1. The largest absolute Gasteiger partial charge is 0.398 e. The Morgan fingerprint density at radius 2 is 1.86 bits per heavy atom. The number of rotatable bonds is 4. The first kappa shape index (κ1) is 13.2. The van der Waals surface area contributed by atoms with Crippen molar-refractivity contribution in [2.24, 2.45) is 0 Å². The first-order valence-corrected chi connectivity index (χ1v) is 6.71. The van der Waals surface area contributed by atoms with Crippen LogP contribution < -0.4 is 11.1 Å². The zero-order chi connectivity index (χ0) is 14.7. The maximum atomic E-state index is 5.96. The lowest BCUT2D eigenvalue weighted by Crippen LogP contribution is -2.03. The van der Waals surface area contributed by atoms with E-state index in [1.807, 2.05) is 48.5 Å². The van der Waals surface area contributed by atoms with E-state index >= 15 is 0 Å². The van der Waals surface area contributed by atoms with Gasteiger partial charge in [0.15, 0.2) is 5.82 Å². The lowest BCUT2D eigenvalue weighted by Gasteiger charge is -2.11. The number of nitrogens with two attached hydrogens (primary N) is 1. The summed E-state index contributed by atoms with van der Waals surface area (Å²) in [5, 5.41) is 7.20. The second-order valence-electron chi connectivity index (χ2n) is 4.74. The molecule has 1 aromatic heterocycles. The number of para-hydroxylation sites is 2. The van der Waals surface area contributed by atoms with Crippen LogP contribution in [0, 0.1) is 6.92 Å². The second-order valence-corrected chi connectivity index (χ2v) is 4.74. The van der Waals surface area contributed by atoms with Gasteiger partial charge in [0.2, 0.25) is 0 Å². The molecule has 0 aliphatic carbocycles. The third kappa shape index (κ3) is 2.86. The Kier molecular flexibility index (Phi) is 3.55. The minimum atomic E-state index is 0.511. The van der Waals surface area contributed by atoms with Crippen molar-refractivity contribution in [2.75, 3.05) is 11.1 Å². The molecule has 0 saturated carbocycles. The summed E-state index contributed by atoms with van der Waals surface area (Å²) in [5.74, 6) is 1.13. The first-order chi connectivity index (χ1) is 10.2. The van der Waals surface area contributed by atoms with Crippen molar-refractivity contribution in [1.29, 1.82) is 0 Å². The lowest BCUT2D eigenvalue weighted by molar-refractivity contribution is 0.426. The van der Waals surface area contributed by atoms with Crippen LogP contribution in [-0.2, 0) is 6.54 Å². The minimum absolute atomic E-state index is 0.511. The summed E-state index contributed by atoms with van der Waals surface area (Å²) in [6, 6.07) is 15.6. The SMILES string of the molecule is Cc1noc(-c2ccccc2NCc2ccccc2N)n1. The van der Waals surface area contributed by atoms with Gasteiger partial charge in [-0.2, -0.15) is 4.98 Å². The van der Waals surface area contributed by atoms with Crippen LogP contribution in [0.4, 0.5) is 11.4 Å². The molecule has 106 valence electrons. The number of anilines is 2. The van der Waals surface area contributed by atoms with E-state index in [1.54, 1.807) is 6.92 Å². The Labute approximate surface area is 122 Å². The molecule has 0 aliphatic rings. The fourth-order valence-electron chi connectivity index (χ4n) is 2.12. The maximum absolute atomic E-state index is 5.96. The zero-order valence-electron chi connectivity index (χ0n) is 11.7. The van der Waals surface area contributed by atoms with Gasteiger partial charge < -0.3 is 15.6 Å². The molecule has 0 unspecified atom stereocenters. The number of nitrogens with one attached hydrogen (secondary N) is 1. The molecule has 1 heterocycles. The summed E-state index contributed by atoms with van der Waals surface area (Å²) in [4.78, 5) is 4.27. The molecule has 0 atom stereocenters. The molecule has 0 amide bonds. The molecule has 5 heteroatoms. The Balaban J connectivity index is 1.85. The number of nitrogens with zero attached hydrogens (tertiary/aromatic N) is 2. The summed E-state index contributed by atoms with van der Waals surface area (Å²) in [6.07, 6.45) is 0. The van der Waals surface area contributed by atoms with Gasteiger partial charge in [-0.05, 0) is 30.7 Å². The van der Waals surface area contributed by atoms with Gasteiger partial charge in [-0.1, -0.05) is 35.5 Å². The molecule has 21 heavy (non-hydrogen) atoms. The van der Waals surface area contributed by atoms with Crippen molar-refractivity contribution in [1.82, 2.24) is 10.1 Å². The monoisotopic (exact) mass is 280 g/mol. The van der Waals surface area contributed by atoms with Crippen molar-refractivity contribution < 1.29 is 4.52 Å². The number of hydrogen-bond donors (Lipinski definition) is 2. The van der Waals surface area contributed by atoms with E-state index in [1.165, 1.54) is 0 Å². The molecular weight excluding hydrogens is 264 g/mol. The fourth-order valence-corrected chi connectivity index (χ4v) is 2.12. The fraction of sp³-hybridized carbons (Fsp3) is 0.125. The molecule has 0 saturated heterocycles. The molecule has 3 aromatic rings. The van der Waals surface area contributed by atoms with Gasteiger partial charge in [-0.3, -0.25) is 0 Å². The maximum Gasteiger partial charge on any atom is 0.260 e. The van der Waals surface area contributed by atoms with Crippen LogP contribution in [0.2, 0.25) is 0 Å². The summed E-state index contributed by atoms with van der Waals surface area (Å²) >= 11 is 0. The van der Waals surface area contributed by atoms with E-state index < -0.39 is 0 Å². The highest BCUT2D eigenvalue weighted by molar-refractivity contribution is 5.72. The molecule has 0 radical (unpaired) electrons. The van der Waals surface area contributed by atoms with Gasteiger partial charge in [0.25, 0.3) is 5.89 Å². The van der Waals surface area contributed by atoms with Gasteiger partial charge >= 0.3 is 0 Å². The van der Waals surface area contributed by atoms with Gasteiger partial charge in [0, 0.05) is 17.9 Å². The van der Waals surface area contributed by atoms with Crippen molar-refractivity contribution in [2.45, 2.75) is 13.5 Å². The van der Waals surface area contributed by atoms with Crippen LogP contribution in [-0.4, -0.2) is 10.1 Å². The minimum Gasteiger partial charge on any atom is -0.398 e. The van der Waals surface area contributed by atoms with Gasteiger partial charge in [-0.25, -0.2) is 0 Å². The Morgan fingerprint density at radius 3 is 2.62 bits per heavy atom. The molecule has 3 N–H and O–H groups in total. The topological polar surface area (TPSA) is 77.0 Å². The van der Waals surface area contributed by atoms with Crippen LogP contribution in [0.3, 0.4) is 0 Å². The van der Waals surface area contributed by atoms with E-state index in [0.29, 0.717) is 18.3 Å². The van der Waals surface area contributed by atoms with Crippen molar-refractivity contribution >= 4 is 11.4 Å². The predicted molar refractivity (Wildman–Crippen MR) is 82.7 cm³/mol. The normalized spacial score (nSPS) is 10.5. The van der Waals surface area contributed by atoms with Crippen molar-refractivity contribution in [3.05, 3.63) is 59.9 Å². The Bertz CT molecular complexity index is 751. The van der Waals surface area contributed by atoms with Crippen LogP contribution in [0.1, 0.15) is 11.4 Å². The molecule has 0 spiro atoms. The first-order valence-electron chi connectivity index (χ1n) is 6.71. The third-order valence-corrected chi connectivity index (χ3v) is 3.21. The highest BCUT2D eigenvalue weighted by Crippen LogP contribution is 2.27. The summed E-state index contributed by atoms with van der Waals surface area (Å²) in [7, 11) is 0. The van der Waals surface area contributed by atoms with Crippen molar-refractivity contribution in [3.8, 4) is 11.5 Å². The van der Waals surface area contributed by atoms with E-state index in [-0.39, 0.29) is 0 Å². The van der Waals surface area contributed by atoms with Crippen LogP contribution in [0.25, 0.3) is 11.5 Å². The summed E-state index contributed by atoms with van der Waals surface area (Å²) in [6.45, 7) is 2.44. The molecule has 0 aliphatic heterocycles. The average molecular weight is 280 g/mol. The number of benzene rings is 2. The Morgan fingerprint density at radius 1 is 1.10 bits per heavy atom.